The van der Waals surface area contributed by atoms with Crippen LogP contribution in [0.2, 0.25) is 0 Å². The number of pyridine rings is 1. The molecule has 3 aromatic rings. The van der Waals surface area contributed by atoms with Crippen LogP contribution < -0.4 is 10.9 Å². The summed E-state index contributed by atoms with van der Waals surface area (Å²) >= 11 is 0. The molecule has 0 atom stereocenters. The minimum atomic E-state index is -2.80. The first-order chi connectivity index (χ1) is 12.9. The number of alkyl halides is 2. The molecule has 1 aliphatic heterocycles. The third kappa shape index (κ3) is 3.42. The number of rotatable bonds is 2. The molecular formula is C19H16F2N4O2. The molecule has 0 aliphatic carbocycles. The monoisotopic (exact) mass is 370 g/mol. The largest absolute Gasteiger partial charge is 0.321 e. The smallest absolute Gasteiger partial charge is 0.274 e. The van der Waals surface area contributed by atoms with Crippen LogP contribution in [0.15, 0.2) is 47.4 Å². The molecule has 2 aromatic heterocycles. The summed E-state index contributed by atoms with van der Waals surface area (Å²) in [6.07, 6.45) is 0.845. The molecule has 1 N–H and O–H groups in total. The second kappa shape index (κ2) is 6.53. The number of nitrogens with zero attached hydrogens (tertiary/aromatic N) is 3. The molecule has 0 fully saturated rings. The summed E-state index contributed by atoms with van der Waals surface area (Å²) < 4.78 is 28.7. The lowest BCUT2D eigenvalue weighted by atomic mass is 10.1. The number of nitrogens with one attached hydrogen (secondary N) is 1. The summed E-state index contributed by atoms with van der Waals surface area (Å²) in [7, 11) is 0. The minimum Gasteiger partial charge on any atom is -0.321 e. The number of carbonyl (C=O) groups excluding carboxylic acids is 1. The van der Waals surface area contributed by atoms with Gasteiger partial charge >= 0.3 is 0 Å². The van der Waals surface area contributed by atoms with Gasteiger partial charge in [-0.15, -0.1) is 0 Å². The van der Waals surface area contributed by atoms with E-state index >= 15 is 0 Å². The predicted molar refractivity (Wildman–Crippen MR) is 96.1 cm³/mol. The number of amides is 1. The summed E-state index contributed by atoms with van der Waals surface area (Å²) in [6, 6.07) is 9.71. The Labute approximate surface area is 152 Å². The molecule has 138 valence electrons. The molecule has 1 amide bonds. The second-order valence-corrected chi connectivity index (χ2v) is 6.49. The average Bonchev–Trinajstić information content (AvgIpc) is 2.81. The molecule has 1 aromatic carbocycles. The molecule has 0 radical (unpaired) electrons. The highest BCUT2D eigenvalue weighted by molar-refractivity contribution is 6.03. The van der Waals surface area contributed by atoms with Crippen LogP contribution in [0.25, 0.3) is 10.9 Å². The maximum absolute atomic E-state index is 13.7. The minimum absolute atomic E-state index is 0.0305. The van der Waals surface area contributed by atoms with Crippen molar-refractivity contribution in [2.24, 2.45) is 0 Å². The summed E-state index contributed by atoms with van der Waals surface area (Å²) in [5.41, 5.74) is 0.745. The molecule has 0 unspecified atom stereocenters. The van der Waals surface area contributed by atoms with Crippen molar-refractivity contribution in [2.75, 3.05) is 5.32 Å². The fourth-order valence-electron chi connectivity index (χ4n) is 3.15. The second-order valence-electron chi connectivity index (χ2n) is 6.49. The number of anilines is 1. The van der Waals surface area contributed by atoms with Crippen molar-refractivity contribution in [2.45, 2.75) is 31.7 Å². The Bertz CT molecular complexity index is 1080. The van der Waals surface area contributed by atoms with E-state index in [0.29, 0.717) is 22.4 Å². The molecule has 6 nitrogen and oxygen atoms in total. The summed E-state index contributed by atoms with van der Waals surface area (Å²) in [5, 5.41) is 3.04. The van der Waals surface area contributed by atoms with E-state index in [0.717, 1.165) is 0 Å². The van der Waals surface area contributed by atoms with Crippen molar-refractivity contribution < 1.29 is 13.6 Å². The number of halogens is 2. The van der Waals surface area contributed by atoms with E-state index in [-0.39, 0.29) is 43.0 Å². The van der Waals surface area contributed by atoms with E-state index in [9.17, 15) is 18.4 Å². The van der Waals surface area contributed by atoms with Crippen molar-refractivity contribution >= 4 is 22.5 Å². The molecule has 0 bridgehead atoms. The van der Waals surface area contributed by atoms with Crippen molar-refractivity contribution in [1.29, 1.82) is 0 Å². The zero-order chi connectivity index (χ0) is 19.0. The first-order valence-electron chi connectivity index (χ1n) is 8.57. The van der Waals surface area contributed by atoms with E-state index in [4.69, 9.17) is 0 Å². The SMILES string of the molecule is O=C(Nc1ccc2c(=O)n3c(nc2c1)CCC(F)(F)CC3)c1ccccn1. The highest BCUT2D eigenvalue weighted by Crippen LogP contribution is 2.28. The summed E-state index contributed by atoms with van der Waals surface area (Å²) in [4.78, 5) is 33.3. The summed E-state index contributed by atoms with van der Waals surface area (Å²) in [5.74, 6) is -2.84. The Morgan fingerprint density at radius 3 is 2.81 bits per heavy atom. The fraction of sp³-hybridized carbons (Fsp3) is 0.263. The zero-order valence-corrected chi connectivity index (χ0v) is 14.3. The predicted octanol–water partition coefficient (Wildman–Crippen LogP) is 3.02. The zero-order valence-electron chi connectivity index (χ0n) is 14.3. The van der Waals surface area contributed by atoms with Gasteiger partial charge in [-0.2, -0.15) is 0 Å². The third-order valence-electron chi connectivity index (χ3n) is 4.61. The first-order valence-corrected chi connectivity index (χ1v) is 8.57. The Morgan fingerprint density at radius 2 is 2.04 bits per heavy atom. The number of aromatic nitrogens is 3. The van der Waals surface area contributed by atoms with Gasteiger partial charge in [-0.05, 0) is 30.3 Å². The fourth-order valence-corrected chi connectivity index (χ4v) is 3.15. The van der Waals surface area contributed by atoms with Gasteiger partial charge in [0.05, 0.1) is 10.9 Å². The lowest BCUT2D eigenvalue weighted by Gasteiger charge is -2.11. The van der Waals surface area contributed by atoms with Crippen LogP contribution in [-0.2, 0) is 13.0 Å². The topological polar surface area (TPSA) is 76.9 Å². The van der Waals surface area contributed by atoms with Gasteiger partial charge in [-0.1, -0.05) is 6.07 Å². The van der Waals surface area contributed by atoms with E-state index in [1.807, 2.05) is 0 Å². The maximum Gasteiger partial charge on any atom is 0.274 e. The standard InChI is InChI=1S/C19H16F2N4O2/c20-19(21)7-6-16-24-15-11-12(23-17(26)14-3-1-2-9-22-14)4-5-13(15)18(27)25(16)10-8-19/h1-5,9,11H,6-8,10H2,(H,23,26). The van der Waals surface area contributed by atoms with Crippen molar-refractivity contribution in [3.8, 4) is 0 Å². The average molecular weight is 370 g/mol. The first kappa shape index (κ1) is 17.3. The molecule has 27 heavy (non-hydrogen) atoms. The van der Waals surface area contributed by atoms with Crippen LogP contribution in [0.5, 0.6) is 0 Å². The van der Waals surface area contributed by atoms with Gasteiger partial charge in [0.2, 0.25) is 5.92 Å². The van der Waals surface area contributed by atoms with Gasteiger partial charge in [0.1, 0.15) is 11.5 Å². The number of fused-ring (bicyclic) bond motifs is 2. The van der Waals surface area contributed by atoms with Gasteiger partial charge in [0.25, 0.3) is 11.5 Å². The van der Waals surface area contributed by atoms with Crippen molar-refractivity contribution in [3.63, 3.8) is 0 Å². The Morgan fingerprint density at radius 1 is 1.19 bits per heavy atom. The highest BCUT2D eigenvalue weighted by Gasteiger charge is 2.32. The molecule has 3 heterocycles. The van der Waals surface area contributed by atoms with Gasteiger partial charge < -0.3 is 5.32 Å². The van der Waals surface area contributed by atoms with Gasteiger partial charge in [-0.25, -0.2) is 13.8 Å². The van der Waals surface area contributed by atoms with Crippen molar-refractivity contribution in [1.82, 2.24) is 14.5 Å². The highest BCUT2D eigenvalue weighted by atomic mass is 19.3. The number of aryl methyl sites for hydroxylation is 1. The third-order valence-corrected chi connectivity index (χ3v) is 4.61. The van der Waals surface area contributed by atoms with Crippen LogP contribution in [0.4, 0.5) is 14.5 Å². The van der Waals surface area contributed by atoms with E-state index in [2.05, 4.69) is 15.3 Å². The van der Waals surface area contributed by atoms with E-state index in [1.165, 1.54) is 10.8 Å². The van der Waals surface area contributed by atoms with Crippen LogP contribution in [0, 0.1) is 0 Å². The van der Waals surface area contributed by atoms with Gasteiger partial charge in [0.15, 0.2) is 0 Å². The van der Waals surface area contributed by atoms with Crippen LogP contribution >= 0.6 is 0 Å². The number of benzene rings is 1. The number of hydrogen-bond donors (Lipinski definition) is 1. The van der Waals surface area contributed by atoms with Gasteiger partial charge in [0, 0.05) is 37.7 Å². The molecular weight excluding hydrogens is 354 g/mol. The van der Waals surface area contributed by atoms with Crippen LogP contribution in [0.3, 0.4) is 0 Å². The Balaban J connectivity index is 1.69. The molecule has 0 saturated heterocycles. The Kier molecular flexibility index (Phi) is 4.18. The van der Waals surface area contributed by atoms with E-state index in [1.54, 1.807) is 36.4 Å². The number of carbonyl (C=O) groups is 1. The maximum atomic E-state index is 13.7. The number of hydrogen-bond acceptors (Lipinski definition) is 4. The Hall–Kier alpha value is -3.16. The van der Waals surface area contributed by atoms with Crippen LogP contribution in [-0.4, -0.2) is 26.4 Å². The normalized spacial score (nSPS) is 15.8. The lowest BCUT2D eigenvalue weighted by Crippen LogP contribution is -2.25. The van der Waals surface area contributed by atoms with Gasteiger partial charge in [-0.3, -0.25) is 19.1 Å². The van der Waals surface area contributed by atoms with Crippen LogP contribution in [0.1, 0.15) is 29.2 Å². The summed E-state index contributed by atoms with van der Waals surface area (Å²) in [6.45, 7) is -0.0533. The molecule has 8 heteroatoms. The molecule has 4 rings (SSSR count). The quantitative estimate of drug-likeness (QED) is 0.752. The van der Waals surface area contributed by atoms with Crippen molar-refractivity contribution in [3.05, 3.63) is 64.5 Å². The molecule has 0 spiro atoms. The molecule has 0 saturated carbocycles. The lowest BCUT2D eigenvalue weighted by molar-refractivity contribution is -0.0153. The molecule has 1 aliphatic rings. The van der Waals surface area contributed by atoms with E-state index < -0.39 is 5.92 Å².